The average Bonchev–Trinajstić information content (AvgIpc) is 3.31. The van der Waals surface area contributed by atoms with Crippen molar-refractivity contribution in [3.8, 4) is 0 Å². The summed E-state index contributed by atoms with van der Waals surface area (Å²) < 4.78 is 4.55. The van der Waals surface area contributed by atoms with Crippen molar-refractivity contribution in [3.05, 3.63) is 47.7 Å². The van der Waals surface area contributed by atoms with Crippen molar-refractivity contribution < 1.29 is 19.1 Å². The molecule has 1 aliphatic carbocycles. The zero-order valence-corrected chi connectivity index (χ0v) is 11.6. The van der Waals surface area contributed by atoms with Gasteiger partial charge >= 0.3 is 5.97 Å². The average molecular weight is 288 g/mol. The summed E-state index contributed by atoms with van der Waals surface area (Å²) in [6.45, 7) is 0. The van der Waals surface area contributed by atoms with Gasteiger partial charge in [0.25, 0.3) is 11.8 Å². The second-order valence-corrected chi connectivity index (χ2v) is 4.64. The molecule has 1 saturated carbocycles. The fourth-order valence-corrected chi connectivity index (χ4v) is 1.63. The van der Waals surface area contributed by atoms with Crippen molar-refractivity contribution in [2.24, 2.45) is 0 Å². The van der Waals surface area contributed by atoms with E-state index in [1.165, 1.54) is 7.11 Å². The Bertz CT molecular complexity index is 577. The fourth-order valence-electron chi connectivity index (χ4n) is 1.63. The van der Waals surface area contributed by atoms with Gasteiger partial charge in [0, 0.05) is 17.8 Å². The van der Waals surface area contributed by atoms with Gasteiger partial charge in [-0.3, -0.25) is 9.59 Å². The van der Waals surface area contributed by atoms with E-state index in [2.05, 4.69) is 15.4 Å². The van der Waals surface area contributed by atoms with E-state index in [0.717, 1.165) is 19.0 Å². The van der Waals surface area contributed by atoms with Crippen molar-refractivity contribution in [1.82, 2.24) is 10.6 Å². The van der Waals surface area contributed by atoms with Crippen LogP contribution in [0.15, 0.2) is 42.1 Å². The van der Waals surface area contributed by atoms with E-state index in [-0.39, 0.29) is 11.6 Å². The molecule has 2 rings (SSSR count). The Morgan fingerprint density at radius 2 is 1.86 bits per heavy atom. The Morgan fingerprint density at radius 1 is 1.19 bits per heavy atom. The predicted molar refractivity (Wildman–Crippen MR) is 75.2 cm³/mol. The quantitative estimate of drug-likeness (QED) is 0.362. The first kappa shape index (κ1) is 14.8. The Morgan fingerprint density at radius 3 is 2.43 bits per heavy atom. The lowest BCUT2D eigenvalue weighted by atomic mass is 10.2. The van der Waals surface area contributed by atoms with E-state index < -0.39 is 17.8 Å². The van der Waals surface area contributed by atoms with Gasteiger partial charge in [-0.05, 0) is 25.0 Å². The molecule has 21 heavy (non-hydrogen) atoms. The number of carbonyl (C=O) groups is 3. The van der Waals surface area contributed by atoms with Crippen molar-refractivity contribution >= 4 is 17.8 Å². The molecule has 0 bridgehead atoms. The van der Waals surface area contributed by atoms with Crippen molar-refractivity contribution in [2.75, 3.05) is 7.11 Å². The van der Waals surface area contributed by atoms with Gasteiger partial charge in [-0.2, -0.15) is 0 Å². The highest BCUT2D eigenvalue weighted by atomic mass is 16.5. The number of benzene rings is 1. The van der Waals surface area contributed by atoms with Crippen LogP contribution in [0.5, 0.6) is 0 Å². The summed E-state index contributed by atoms with van der Waals surface area (Å²) in [6, 6.07) is 8.60. The molecule has 2 N–H and O–H groups in total. The maximum Gasteiger partial charge on any atom is 0.344 e. The number of ether oxygens (including phenoxy) is 1. The number of nitrogens with one attached hydrogen (secondary N) is 2. The minimum absolute atomic E-state index is 0.107. The van der Waals surface area contributed by atoms with E-state index in [9.17, 15) is 14.4 Å². The van der Waals surface area contributed by atoms with Gasteiger partial charge in [0.05, 0.1) is 7.11 Å². The molecule has 2 amide bonds. The first-order chi connectivity index (χ1) is 10.1. The highest BCUT2D eigenvalue weighted by Crippen LogP contribution is 2.19. The molecular formula is C15H16N2O4. The van der Waals surface area contributed by atoms with Crippen LogP contribution in [-0.4, -0.2) is 30.9 Å². The van der Waals surface area contributed by atoms with E-state index in [1.54, 1.807) is 30.3 Å². The van der Waals surface area contributed by atoms with Crippen LogP contribution in [0.1, 0.15) is 23.2 Å². The van der Waals surface area contributed by atoms with Gasteiger partial charge in [-0.1, -0.05) is 18.2 Å². The molecule has 1 aliphatic rings. The summed E-state index contributed by atoms with van der Waals surface area (Å²) in [5.41, 5.74) is 0.203. The molecule has 0 spiro atoms. The lowest BCUT2D eigenvalue weighted by Crippen LogP contribution is -2.32. The highest BCUT2D eigenvalue weighted by Gasteiger charge is 2.27. The Balaban J connectivity index is 2.06. The minimum atomic E-state index is -0.790. The molecule has 1 aromatic carbocycles. The standard InChI is InChI=1S/C15H16N2O4/c1-21-15(20)12(14(19)17-11-7-8-11)9-16-13(18)10-5-3-2-4-6-10/h2-6,9,11H,7-8H2,1H3,(H,16,18)(H,17,19)/b12-9-. The summed E-state index contributed by atoms with van der Waals surface area (Å²) in [6.07, 6.45) is 2.88. The topological polar surface area (TPSA) is 84.5 Å². The predicted octanol–water partition coefficient (Wildman–Crippen LogP) is 0.752. The molecule has 6 nitrogen and oxygen atoms in total. The van der Waals surface area contributed by atoms with Crippen molar-refractivity contribution in [2.45, 2.75) is 18.9 Å². The molecule has 1 aromatic rings. The van der Waals surface area contributed by atoms with Crippen LogP contribution in [0.4, 0.5) is 0 Å². The number of methoxy groups -OCH3 is 1. The van der Waals surface area contributed by atoms with E-state index in [4.69, 9.17) is 0 Å². The molecule has 1 fully saturated rings. The molecule has 110 valence electrons. The summed E-state index contributed by atoms with van der Waals surface area (Å²) >= 11 is 0. The third-order valence-electron chi connectivity index (χ3n) is 2.95. The van der Waals surface area contributed by atoms with Crippen LogP contribution >= 0.6 is 0 Å². The third-order valence-corrected chi connectivity index (χ3v) is 2.95. The SMILES string of the molecule is COC(=O)/C(=C\NC(=O)c1ccccc1)C(=O)NC1CC1. The molecular weight excluding hydrogens is 272 g/mol. The number of hydrogen-bond donors (Lipinski definition) is 2. The minimum Gasteiger partial charge on any atom is -0.465 e. The van der Waals surface area contributed by atoms with Crippen LogP contribution in [0.25, 0.3) is 0 Å². The van der Waals surface area contributed by atoms with Gasteiger partial charge in [0.1, 0.15) is 5.57 Å². The molecule has 0 aliphatic heterocycles. The highest BCUT2D eigenvalue weighted by molar-refractivity contribution is 6.16. The summed E-state index contributed by atoms with van der Waals surface area (Å²) in [5, 5.41) is 5.10. The summed E-state index contributed by atoms with van der Waals surface area (Å²) in [4.78, 5) is 35.4. The lowest BCUT2D eigenvalue weighted by molar-refractivity contribution is -0.138. The zero-order valence-electron chi connectivity index (χ0n) is 11.6. The molecule has 0 aromatic heterocycles. The van der Waals surface area contributed by atoms with Crippen LogP contribution < -0.4 is 10.6 Å². The van der Waals surface area contributed by atoms with E-state index in [0.29, 0.717) is 5.56 Å². The first-order valence-corrected chi connectivity index (χ1v) is 6.57. The van der Waals surface area contributed by atoms with E-state index >= 15 is 0 Å². The van der Waals surface area contributed by atoms with Crippen LogP contribution in [0.3, 0.4) is 0 Å². The lowest BCUT2D eigenvalue weighted by Gasteiger charge is -2.07. The number of amides is 2. The maximum absolute atomic E-state index is 11.9. The number of hydrogen-bond acceptors (Lipinski definition) is 4. The maximum atomic E-state index is 11.9. The van der Waals surface area contributed by atoms with Gasteiger partial charge in [-0.15, -0.1) is 0 Å². The molecule has 6 heteroatoms. The second kappa shape index (κ2) is 6.69. The smallest absolute Gasteiger partial charge is 0.344 e. The molecule has 0 atom stereocenters. The fraction of sp³-hybridized carbons (Fsp3) is 0.267. The Hall–Kier alpha value is -2.63. The number of carbonyl (C=O) groups excluding carboxylic acids is 3. The largest absolute Gasteiger partial charge is 0.465 e. The summed E-state index contributed by atoms with van der Waals surface area (Å²) in [7, 11) is 1.18. The molecule has 0 unspecified atom stereocenters. The van der Waals surface area contributed by atoms with Gasteiger partial charge in [0.2, 0.25) is 0 Å². The first-order valence-electron chi connectivity index (χ1n) is 6.57. The van der Waals surface area contributed by atoms with Crippen LogP contribution in [0.2, 0.25) is 0 Å². The van der Waals surface area contributed by atoms with Crippen LogP contribution in [-0.2, 0) is 14.3 Å². The Labute approximate surface area is 122 Å². The molecule has 0 saturated heterocycles. The van der Waals surface area contributed by atoms with Crippen molar-refractivity contribution in [3.63, 3.8) is 0 Å². The zero-order chi connectivity index (χ0) is 15.2. The number of esters is 1. The third kappa shape index (κ3) is 4.17. The molecule has 0 heterocycles. The summed E-state index contributed by atoms with van der Waals surface area (Å²) in [5.74, 6) is -1.74. The van der Waals surface area contributed by atoms with Crippen molar-refractivity contribution in [1.29, 1.82) is 0 Å². The second-order valence-electron chi connectivity index (χ2n) is 4.64. The van der Waals surface area contributed by atoms with E-state index in [1.807, 2.05) is 0 Å². The number of rotatable bonds is 5. The Kier molecular flexibility index (Phi) is 4.71. The monoisotopic (exact) mass is 288 g/mol. The van der Waals surface area contributed by atoms with Gasteiger partial charge in [0.15, 0.2) is 0 Å². The normalized spacial score (nSPS) is 14.2. The van der Waals surface area contributed by atoms with Gasteiger partial charge < -0.3 is 15.4 Å². The van der Waals surface area contributed by atoms with Gasteiger partial charge in [-0.25, -0.2) is 4.79 Å². The molecule has 0 radical (unpaired) electrons. The van der Waals surface area contributed by atoms with Crippen LogP contribution in [0, 0.1) is 0 Å².